The van der Waals surface area contributed by atoms with Crippen LogP contribution in [0.5, 0.6) is 5.75 Å². The molecule has 7 heteroatoms. The lowest BCUT2D eigenvalue weighted by Crippen LogP contribution is -2.54. The van der Waals surface area contributed by atoms with Gasteiger partial charge in [0.2, 0.25) is 0 Å². The van der Waals surface area contributed by atoms with Crippen molar-refractivity contribution in [3.8, 4) is 11.4 Å². The van der Waals surface area contributed by atoms with Gasteiger partial charge in [0.25, 0.3) is 11.8 Å². The monoisotopic (exact) mass is 415 g/mol. The zero-order valence-corrected chi connectivity index (χ0v) is 17.2. The molecule has 0 atom stereocenters. The summed E-state index contributed by atoms with van der Waals surface area (Å²) in [5.74, 6) is -1.07. The maximum absolute atomic E-state index is 13.2. The Morgan fingerprint density at radius 1 is 1.00 bits per heavy atom. The molecule has 7 nitrogen and oxygen atoms in total. The first-order chi connectivity index (χ1) is 15.0. The number of rotatable bonds is 5. The van der Waals surface area contributed by atoms with Crippen LogP contribution in [0.1, 0.15) is 18.2 Å². The molecule has 0 radical (unpaired) electrons. The van der Waals surface area contributed by atoms with E-state index in [0.29, 0.717) is 18.1 Å². The highest BCUT2D eigenvalue weighted by molar-refractivity contribution is 6.39. The van der Waals surface area contributed by atoms with Crippen LogP contribution in [0.25, 0.3) is 11.8 Å². The van der Waals surface area contributed by atoms with E-state index >= 15 is 0 Å². The molecule has 4 rings (SSSR count). The molecule has 1 aliphatic heterocycles. The predicted molar refractivity (Wildman–Crippen MR) is 117 cm³/mol. The molecule has 1 aliphatic rings. The lowest BCUT2D eigenvalue weighted by molar-refractivity contribution is -0.122. The molecule has 1 N–H and O–H groups in total. The highest BCUT2D eigenvalue weighted by Gasteiger charge is 2.38. The van der Waals surface area contributed by atoms with E-state index in [2.05, 4.69) is 5.32 Å². The van der Waals surface area contributed by atoms with Crippen LogP contribution in [0, 0.1) is 6.92 Å². The molecule has 31 heavy (non-hydrogen) atoms. The summed E-state index contributed by atoms with van der Waals surface area (Å²) in [7, 11) is 0. The van der Waals surface area contributed by atoms with Crippen molar-refractivity contribution in [3.63, 3.8) is 0 Å². The number of ether oxygens (including phenoxy) is 1. The van der Waals surface area contributed by atoms with Crippen LogP contribution in [0.2, 0.25) is 0 Å². The normalized spacial score (nSPS) is 15.4. The van der Waals surface area contributed by atoms with Gasteiger partial charge in [-0.2, -0.15) is 0 Å². The molecular formula is C24H21N3O4. The highest BCUT2D eigenvalue weighted by Crippen LogP contribution is 2.31. The average Bonchev–Trinajstić information content (AvgIpc) is 3.21. The van der Waals surface area contributed by atoms with Gasteiger partial charge < -0.3 is 9.30 Å². The first-order valence-electron chi connectivity index (χ1n) is 9.87. The molecule has 4 amide bonds. The molecule has 1 fully saturated rings. The first kappa shape index (κ1) is 20.2. The molecule has 156 valence electrons. The fourth-order valence-corrected chi connectivity index (χ4v) is 3.47. The van der Waals surface area contributed by atoms with Gasteiger partial charge in [0, 0.05) is 17.6 Å². The second-order valence-corrected chi connectivity index (χ2v) is 7.00. The van der Waals surface area contributed by atoms with E-state index in [-0.39, 0.29) is 11.3 Å². The zero-order chi connectivity index (χ0) is 22.0. The number of nitrogens with one attached hydrogen (secondary N) is 1. The number of amides is 4. The third kappa shape index (κ3) is 3.85. The van der Waals surface area contributed by atoms with Crippen LogP contribution in [-0.4, -0.2) is 29.0 Å². The van der Waals surface area contributed by atoms with E-state index in [4.69, 9.17) is 4.74 Å². The molecule has 0 aliphatic carbocycles. The minimum Gasteiger partial charge on any atom is -0.492 e. The first-order valence-corrected chi connectivity index (χ1v) is 9.87. The van der Waals surface area contributed by atoms with Crippen LogP contribution in [0.4, 0.5) is 10.5 Å². The van der Waals surface area contributed by atoms with E-state index in [0.717, 1.165) is 16.2 Å². The zero-order valence-electron chi connectivity index (χ0n) is 17.2. The highest BCUT2D eigenvalue weighted by atomic mass is 16.5. The van der Waals surface area contributed by atoms with Crippen molar-refractivity contribution in [1.29, 1.82) is 0 Å². The van der Waals surface area contributed by atoms with Gasteiger partial charge in [0.05, 0.1) is 12.3 Å². The number of nitrogens with zero attached hydrogens (tertiary/aromatic N) is 2. The number of benzene rings is 2. The fourth-order valence-electron chi connectivity index (χ4n) is 3.47. The smallest absolute Gasteiger partial charge is 0.336 e. The van der Waals surface area contributed by atoms with Gasteiger partial charge in [-0.15, -0.1) is 0 Å². The van der Waals surface area contributed by atoms with Gasteiger partial charge in [0.15, 0.2) is 0 Å². The molecule has 0 saturated carbocycles. The lowest BCUT2D eigenvalue weighted by atomic mass is 10.1. The maximum atomic E-state index is 13.2. The Morgan fingerprint density at radius 2 is 1.81 bits per heavy atom. The van der Waals surface area contributed by atoms with Crippen molar-refractivity contribution < 1.29 is 19.1 Å². The van der Waals surface area contributed by atoms with Gasteiger partial charge in [0.1, 0.15) is 11.3 Å². The molecule has 0 bridgehead atoms. The van der Waals surface area contributed by atoms with Gasteiger partial charge in [-0.25, -0.2) is 9.69 Å². The summed E-state index contributed by atoms with van der Waals surface area (Å²) < 4.78 is 7.43. The van der Waals surface area contributed by atoms with Crippen LogP contribution >= 0.6 is 0 Å². The number of aromatic nitrogens is 1. The van der Waals surface area contributed by atoms with E-state index in [9.17, 15) is 14.4 Å². The largest absolute Gasteiger partial charge is 0.492 e. The number of hydrogen-bond donors (Lipinski definition) is 1. The number of carbonyl (C=O) groups is 3. The number of imide groups is 2. The van der Waals surface area contributed by atoms with Gasteiger partial charge in [-0.1, -0.05) is 24.3 Å². The van der Waals surface area contributed by atoms with Crippen molar-refractivity contribution in [2.24, 2.45) is 0 Å². The van der Waals surface area contributed by atoms with E-state index < -0.39 is 17.8 Å². The average molecular weight is 415 g/mol. The Bertz CT molecular complexity index is 1210. The predicted octanol–water partition coefficient (Wildman–Crippen LogP) is 3.85. The van der Waals surface area contributed by atoms with Crippen molar-refractivity contribution >= 4 is 29.6 Å². The Labute approximate surface area is 179 Å². The Hall–Kier alpha value is -4.13. The summed E-state index contributed by atoms with van der Waals surface area (Å²) in [4.78, 5) is 39.2. The molecule has 2 heterocycles. The SMILES string of the molecule is CCOc1ccccc1N1C(=O)NC(=O)/C(=C\c2cccn2-c2cccc(C)c2)C1=O. The molecule has 0 spiro atoms. The summed E-state index contributed by atoms with van der Waals surface area (Å²) in [5, 5.41) is 2.25. The van der Waals surface area contributed by atoms with Crippen LogP contribution in [0.3, 0.4) is 0 Å². The van der Waals surface area contributed by atoms with E-state index in [1.807, 2.05) is 54.9 Å². The third-order valence-corrected chi connectivity index (χ3v) is 4.86. The molecule has 3 aromatic rings. The topological polar surface area (TPSA) is 80.6 Å². The quantitative estimate of drug-likeness (QED) is 0.507. The fraction of sp³-hybridized carbons (Fsp3) is 0.125. The number of anilines is 1. The number of hydrogen-bond acceptors (Lipinski definition) is 4. The van der Waals surface area contributed by atoms with Crippen LogP contribution in [-0.2, 0) is 9.59 Å². The number of carbonyl (C=O) groups excluding carboxylic acids is 3. The Morgan fingerprint density at radius 3 is 2.58 bits per heavy atom. The second kappa shape index (κ2) is 8.31. The Balaban J connectivity index is 1.76. The third-order valence-electron chi connectivity index (χ3n) is 4.86. The second-order valence-electron chi connectivity index (χ2n) is 7.00. The molecular weight excluding hydrogens is 394 g/mol. The van der Waals surface area contributed by atoms with E-state index in [1.165, 1.54) is 6.08 Å². The number of urea groups is 1. The van der Waals surface area contributed by atoms with Gasteiger partial charge in [-0.3, -0.25) is 14.9 Å². The van der Waals surface area contributed by atoms with Crippen LogP contribution < -0.4 is 15.0 Å². The molecule has 1 aromatic heterocycles. The molecule has 1 saturated heterocycles. The maximum Gasteiger partial charge on any atom is 0.336 e. The van der Waals surface area contributed by atoms with Gasteiger partial charge >= 0.3 is 6.03 Å². The van der Waals surface area contributed by atoms with E-state index in [1.54, 1.807) is 30.3 Å². The molecule has 0 unspecified atom stereocenters. The van der Waals surface area contributed by atoms with Crippen LogP contribution in [0.15, 0.2) is 72.4 Å². The number of aryl methyl sites for hydroxylation is 1. The summed E-state index contributed by atoms with van der Waals surface area (Å²) in [6.45, 7) is 4.16. The van der Waals surface area contributed by atoms with Crippen molar-refractivity contribution in [2.75, 3.05) is 11.5 Å². The van der Waals surface area contributed by atoms with Crippen molar-refractivity contribution in [2.45, 2.75) is 13.8 Å². The number of para-hydroxylation sites is 2. The Kier molecular flexibility index (Phi) is 5.41. The summed E-state index contributed by atoms with van der Waals surface area (Å²) >= 11 is 0. The molecule has 2 aromatic carbocycles. The van der Waals surface area contributed by atoms with Crippen molar-refractivity contribution in [3.05, 3.63) is 83.7 Å². The summed E-state index contributed by atoms with van der Waals surface area (Å²) in [5.41, 5.74) is 2.75. The van der Waals surface area contributed by atoms with Crippen molar-refractivity contribution in [1.82, 2.24) is 9.88 Å². The minimum absolute atomic E-state index is 0.140. The standard InChI is InChI=1S/C24H21N3O4/c1-3-31-21-12-5-4-11-20(21)27-23(29)19(22(28)25-24(27)30)15-18-10-7-13-26(18)17-9-6-8-16(2)14-17/h4-15H,3H2,1-2H3,(H,25,28,30)/b19-15+. The number of barbiturate groups is 1. The lowest BCUT2D eigenvalue weighted by Gasteiger charge is -2.27. The minimum atomic E-state index is -0.812. The van der Waals surface area contributed by atoms with Gasteiger partial charge in [-0.05, 0) is 61.9 Å². The summed E-state index contributed by atoms with van der Waals surface area (Å²) in [6.07, 6.45) is 3.34. The summed E-state index contributed by atoms with van der Waals surface area (Å²) in [6, 6.07) is 17.4.